The lowest BCUT2D eigenvalue weighted by atomic mass is 10.2. The summed E-state index contributed by atoms with van der Waals surface area (Å²) in [5.41, 5.74) is 0.543. The van der Waals surface area contributed by atoms with E-state index < -0.39 is 6.10 Å². The summed E-state index contributed by atoms with van der Waals surface area (Å²) in [6.07, 6.45) is 2.77. The molecule has 1 aliphatic rings. The number of aliphatic hydroxyl groups excluding tert-OH is 1. The second-order valence-corrected chi connectivity index (χ2v) is 4.18. The molecule has 1 aromatic carbocycles. The van der Waals surface area contributed by atoms with Crippen molar-refractivity contribution in [1.29, 1.82) is 0 Å². The highest BCUT2D eigenvalue weighted by Gasteiger charge is 2.27. The first-order valence-electron chi connectivity index (χ1n) is 5.72. The van der Waals surface area contributed by atoms with Crippen LogP contribution in [0.1, 0.15) is 29.6 Å². The molecule has 92 valence electrons. The predicted octanol–water partition coefficient (Wildman–Crippen LogP) is 1.80. The minimum Gasteiger partial charge on any atom is -0.493 e. The smallest absolute Gasteiger partial charge is 0.161 e. The van der Waals surface area contributed by atoms with Gasteiger partial charge in [0.2, 0.25) is 0 Å². The Hall–Kier alpha value is -1.55. The van der Waals surface area contributed by atoms with E-state index in [-0.39, 0.29) is 6.10 Å². The number of rotatable bonds is 4. The van der Waals surface area contributed by atoms with E-state index in [1.165, 1.54) is 7.11 Å². The van der Waals surface area contributed by atoms with Crippen molar-refractivity contribution in [2.75, 3.05) is 7.11 Å². The number of benzene rings is 1. The van der Waals surface area contributed by atoms with Gasteiger partial charge in [0.15, 0.2) is 11.5 Å². The summed E-state index contributed by atoms with van der Waals surface area (Å²) in [5.74, 6) is 1.10. The van der Waals surface area contributed by atoms with Crippen LogP contribution in [-0.4, -0.2) is 30.7 Å². The third-order valence-corrected chi connectivity index (χ3v) is 3.02. The van der Waals surface area contributed by atoms with Crippen LogP contribution in [0.25, 0.3) is 0 Å². The molecule has 1 N–H and O–H groups in total. The molecule has 1 fully saturated rings. The lowest BCUT2D eigenvalue weighted by molar-refractivity contribution is 0.0586. The monoisotopic (exact) mass is 236 g/mol. The summed E-state index contributed by atoms with van der Waals surface area (Å²) < 4.78 is 10.9. The molecule has 4 heteroatoms. The van der Waals surface area contributed by atoms with Crippen molar-refractivity contribution in [1.82, 2.24) is 0 Å². The van der Waals surface area contributed by atoms with Gasteiger partial charge in [-0.3, -0.25) is 4.79 Å². The molecule has 2 unspecified atom stereocenters. The van der Waals surface area contributed by atoms with Gasteiger partial charge in [0.05, 0.1) is 13.2 Å². The van der Waals surface area contributed by atoms with Crippen LogP contribution in [0.2, 0.25) is 0 Å². The van der Waals surface area contributed by atoms with E-state index in [1.54, 1.807) is 18.2 Å². The van der Waals surface area contributed by atoms with E-state index in [4.69, 9.17) is 9.47 Å². The minimum atomic E-state index is -0.412. The normalized spacial score (nSPS) is 23.4. The molecule has 17 heavy (non-hydrogen) atoms. The number of carbonyl (C=O) groups is 1. The fraction of sp³-hybridized carbons (Fsp3) is 0.462. The van der Waals surface area contributed by atoms with Gasteiger partial charge < -0.3 is 14.6 Å². The third-order valence-electron chi connectivity index (χ3n) is 3.02. The van der Waals surface area contributed by atoms with Gasteiger partial charge in [-0.05, 0) is 37.5 Å². The van der Waals surface area contributed by atoms with Crippen molar-refractivity contribution in [3.8, 4) is 11.5 Å². The maximum Gasteiger partial charge on any atom is 0.161 e. The lowest BCUT2D eigenvalue weighted by Gasteiger charge is -2.19. The van der Waals surface area contributed by atoms with E-state index >= 15 is 0 Å². The summed E-state index contributed by atoms with van der Waals surface area (Å²) >= 11 is 0. The van der Waals surface area contributed by atoms with Gasteiger partial charge in [0.1, 0.15) is 12.4 Å². The molecular weight excluding hydrogens is 220 g/mol. The number of carbonyl (C=O) groups excluding carboxylic acids is 1. The van der Waals surface area contributed by atoms with Crippen molar-refractivity contribution >= 4 is 6.29 Å². The molecular formula is C13H16O4. The number of aliphatic hydroxyl groups is 1. The first kappa shape index (κ1) is 11.9. The molecule has 2 rings (SSSR count). The highest BCUT2D eigenvalue weighted by molar-refractivity contribution is 5.76. The molecule has 2 atom stereocenters. The summed E-state index contributed by atoms with van der Waals surface area (Å²) in [5, 5.41) is 9.69. The molecule has 0 spiro atoms. The minimum absolute atomic E-state index is 0.175. The maximum absolute atomic E-state index is 10.6. The second-order valence-electron chi connectivity index (χ2n) is 4.18. The average molecular weight is 236 g/mol. The molecule has 0 amide bonds. The number of hydrogen-bond donors (Lipinski definition) is 1. The molecule has 0 saturated heterocycles. The number of ether oxygens (including phenoxy) is 2. The van der Waals surface area contributed by atoms with Crippen molar-refractivity contribution < 1.29 is 19.4 Å². The highest BCUT2D eigenvalue weighted by Crippen LogP contribution is 2.32. The van der Waals surface area contributed by atoms with Crippen LogP contribution in [0.15, 0.2) is 18.2 Å². The van der Waals surface area contributed by atoms with Gasteiger partial charge in [0.25, 0.3) is 0 Å². The Labute approximate surface area is 100 Å². The lowest BCUT2D eigenvalue weighted by Crippen LogP contribution is -2.25. The predicted molar refractivity (Wildman–Crippen MR) is 62.7 cm³/mol. The zero-order valence-electron chi connectivity index (χ0n) is 9.76. The molecule has 0 aromatic heterocycles. The van der Waals surface area contributed by atoms with Crippen LogP contribution < -0.4 is 9.47 Å². The standard InChI is InChI=1S/C13H16O4/c1-16-13-7-9(8-14)5-6-12(13)17-11-4-2-3-10(11)15/h5-8,10-11,15H,2-4H2,1H3. The van der Waals surface area contributed by atoms with Crippen LogP contribution in [0.5, 0.6) is 11.5 Å². The molecule has 4 nitrogen and oxygen atoms in total. The molecule has 0 heterocycles. The first-order valence-corrected chi connectivity index (χ1v) is 5.72. The Bertz CT molecular complexity index is 402. The first-order chi connectivity index (χ1) is 8.24. The van der Waals surface area contributed by atoms with Crippen LogP contribution in [0, 0.1) is 0 Å². The summed E-state index contributed by atoms with van der Waals surface area (Å²) in [7, 11) is 1.53. The Morgan fingerprint density at radius 1 is 1.35 bits per heavy atom. The van der Waals surface area contributed by atoms with Crippen molar-refractivity contribution in [2.24, 2.45) is 0 Å². The number of methoxy groups -OCH3 is 1. The van der Waals surface area contributed by atoms with E-state index in [0.717, 1.165) is 25.5 Å². The van der Waals surface area contributed by atoms with Gasteiger partial charge >= 0.3 is 0 Å². The van der Waals surface area contributed by atoms with Gasteiger partial charge in [-0.2, -0.15) is 0 Å². The van der Waals surface area contributed by atoms with E-state index in [2.05, 4.69) is 0 Å². The highest BCUT2D eigenvalue weighted by atomic mass is 16.5. The fourth-order valence-electron chi connectivity index (χ4n) is 2.06. The van der Waals surface area contributed by atoms with Gasteiger partial charge in [-0.25, -0.2) is 0 Å². The van der Waals surface area contributed by atoms with Crippen LogP contribution in [-0.2, 0) is 0 Å². The Kier molecular flexibility index (Phi) is 3.64. The van der Waals surface area contributed by atoms with Crippen LogP contribution in [0.3, 0.4) is 0 Å². The largest absolute Gasteiger partial charge is 0.493 e. The van der Waals surface area contributed by atoms with E-state index in [1.807, 2.05) is 0 Å². The SMILES string of the molecule is COc1cc(C=O)ccc1OC1CCCC1O. The van der Waals surface area contributed by atoms with Crippen molar-refractivity contribution in [2.45, 2.75) is 31.5 Å². The van der Waals surface area contributed by atoms with Crippen molar-refractivity contribution in [3.63, 3.8) is 0 Å². The van der Waals surface area contributed by atoms with E-state index in [9.17, 15) is 9.90 Å². The molecule has 1 aromatic rings. The number of aldehydes is 1. The summed E-state index contributed by atoms with van der Waals surface area (Å²) in [6, 6.07) is 5.00. The van der Waals surface area contributed by atoms with Gasteiger partial charge in [-0.1, -0.05) is 0 Å². The maximum atomic E-state index is 10.6. The molecule has 0 aliphatic heterocycles. The Morgan fingerprint density at radius 3 is 2.76 bits per heavy atom. The molecule has 0 bridgehead atoms. The van der Waals surface area contributed by atoms with Gasteiger partial charge in [-0.15, -0.1) is 0 Å². The third kappa shape index (κ3) is 2.58. The van der Waals surface area contributed by atoms with Crippen molar-refractivity contribution in [3.05, 3.63) is 23.8 Å². The number of hydrogen-bond acceptors (Lipinski definition) is 4. The van der Waals surface area contributed by atoms with Crippen LogP contribution in [0.4, 0.5) is 0 Å². The fourth-order valence-corrected chi connectivity index (χ4v) is 2.06. The quantitative estimate of drug-likeness (QED) is 0.810. The Balaban J connectivity index is 2.17. The topological polar surface area (TPSA) is 55.8 Å². The molecule has 1 aliphatic carbocycles. The Morgan fingerprint density at radius 2 is 2.18 bits per heavy atom. The molecule has 1 saturated carbocycles. The van der Waals surface area contributed by atoms with Crippen LogP contribution >= 0.6 is 0 Å². The second kappa shape index (κ2) is 5.19. The average Bonchev–Trinajstić information content (AvgIpc) is 2.75. The van der Waals surface area contributed by atoms with Gasteiger partial charge in [0, 0.05) is 5.56 Å². The zero-order valence-corrected chi connectivity index (χ0v) is 9.76. The molecule has 0 radical (unpaired) electrons. The van der Waals surface area contributed by atoms with E-state index in [0.29, 0.717) is 17.1 Å². The summed E-state index contributed by atoms with van der Waals surface area (Å²) in [4.78, 5) is 10.6. The zero-order chi connectivity index (χ0) is 12.3. The summed E-state index contributed by atoms with van der Waals surface area (Å²) in [6.45, 7) is 0.